The van der Waals surface area contributed by atoms with Crippen LogP contribution in [-0.2, 0) is 13.1 Å². The summed E-state index contributed by atoms with van der Waals surface area (Å²) in [6.07, 6.45) is 5.18. The Morgan fingerprint density at radius 3 is 2.58 bits per heavy atom. The van der Waals surface area contributed by atoms with Gasteiger partial charge in [-0.2, -0.15) is 10.1 Å². The number of nitrogens with two attached hydrogens (primary N) is 2. The van der Waals surface area contributed by atoms with E-state index in [1.54, 1.807) is 6.20 Å². The lowest BCUT2D eigenvalue weighted by atomic mass is 10.2. The quantitative estimate of drug-likeness (QED) is 0.318. The van der Waals surface area contributed by atoms with Gasteiger partial charge in [-0.3, -0.25) is 19.5 Å². The van der Waals surface area contributed by atoms with E-state index < -0.39 is 0 Å². The number of nitrogens with zero attached hydrogens (tertiary/aromatic N) is 7. The highest BCUT2D eigenvalue weighted by Gasteiger charge is 2.17. The first-order chi connectivity index (χ1) is 16.1. The van der Waals surface area contributed by atoms with E-state index >= 15 is 0 Å². The van der Waals surface area contributed by atoms with Crippen molar-refractivity contribution in [2.24, 2.45) is 5.73 Å². The van der Waals surface area contributed by atoms with Gasteiger partial charge in [0, 0.05) is 45.5 Å². The molecule has 0 saturated carbocycles. The maximum atomic E-state index is 9.09. The lowest BCUT2D eigenvalue weighted by Crippen LogP contribution is -2.46. The maximum Gasteiger partial charge on any atom is 0.222 e. The predicted octanol–water partition coefficient (Wildman–Crippen LogP) is 0.459. The average molecular weight is 455 g/mol. The summed E-state index contributed by atoms with van der Waals surface area (Å²) in [5.41, 5.74) is 15.6. The number of β-amino-alcohol motifs (C(OH)–C–C–N with tert-alkyl or cyclic N) is 1. The summed E-state index contributed by atoms with van der Waals surface area (Å²) in [5.74, 6) is 0.779. The first-order valence-corrected chi connectivity index (χ1v) is 11.6. The number of piperazine rings is 1. The van der Waals surface area contributed by atoms with Gasteiger partial charge in [0.05, 0.1) is 31.2 Å². The number of aliphatic hydroxyl groups is 1. The molecule has 0 aliphatic carbocycles. The predicted molar refractivity (Wildman–Crippen MR) is 128 cm³/mol. The van der Waals surface area contributed by atoms with Crippen LogP contribution in [0.15, 0.2) is 24.5 Å². The van der Waals surface area contributed by atoms with Gasteiger partial charge in [-0.15, -0.1) is 0 Å². The number of rotatable bonds is 10. The molecule has 1 fully saturated rings. The molecule has 33 heavy (non-hydrogen) atoms. The molecule has 0 aromatic carbocycles. The van der Waals surface area contributed by atoms with Crippen LogP contribution in [0.4, 0.5) is 11.8 Å². The Morgan fingerprint density at radius 2 is 1.88 bits per heavy atom. The zero-order valence-electron chi connectivity index (χ0n) is 19.2. The van der Waals surface area contributed by atoms with Gasteiger partial charge in [0.2, 0.25) is 5.95 Å². The van der Waals surface area contributed by atoms with E-state index in [1.165, 1.54) is 5.56 Å². The maximum absolute atomic E-state index is 9.09. The molecule has 0 spiro atoms. The van der Waals surface area contributed by atoms with Crippen molar-refractivity contribution in [2.75, 3.05) is 50.4 Å². The molecule has 11 heteroatoms. The summed E-state index contributed by atoms with van der Waals surface area (Å²) < 4.78 is 1.83. The van der Waals surface area contributed by atoms with E-state index in [2.05, 4.69) is 48.2 Å². The smallest absolute Gasteiger partial charge is 0.222 e. The van der Waals surface area contributed by atoms with Crippen LogP contribution in [-0.4, -0.2) is 85.1 Å². The van der Waals surface area contributed by atoms with E-state index in [1.807, 2.05) is 16.9 Å². The molecule has 1 saturated heterocycles. The lowest BCUT2D eigenvalue weighted by molar-refractivity contribution is 0.108. The fourth-order valence-corrected chi connectivity index (χ4v) is 4.16. The highest BCUT2D eigenvalue weighted by Crippen LogP contribution is 2.22. The van der Waals surface area contributed by atoms with Crippen LogP contribution in [0.1, 0.15) is 31.0 Å². The molecule has 4 rings (SSSR count). The molecule has 4 heterocycles. The highest BCUT2D eigenvalue weighted by molar-refractivity contribution is 5.86. The van der Waals surface area contributed by atoms with Crippen molar-refractivity contribution in [1.29, 1.82) is 0 Å². The van der Waals surface area contributed by atoms with Gasteiger partial charge in [-0.25, -0.2) is 4.98 Å². The van der Waals surface area contributed by atoms with Crippen LogP contribution in [0.5, 0.6) is 0 Å². The second kappa shape index (κ2) is 10.8. The minimum Gasteiger partial charge on any atom is -0.395 e. The Bertz CT molecular complexity index is 1030. The number of aliphatic hydroxyl groups excluding tert-OH is 1. The minimum atomic E-state index is -0.223. The SMILES string of the molecule is CCCC(N)Nc1nc(N)nc2cnn(Cc3ccc(CN4CCN(CCO)CC4)cn3)c12. The Morgan fingerprint density at radius 1 is 1.09 bits per heavy atom. The molecular weight excluding hydrogens is 420 g/mol. The van der Waals surface area contributed by atoms with Gasteiger partial charge in [0.15, 0.2) is 5.82 Å². The van der Waals surface area contributed by atoms with Crippen LogP contribution in [0.25, 0.3) is 11.0 Å². The third-order valence-corrected chi connectivity index (χ3v) is 5.91. The fourth-order valence-electron chi connectivity index (χ4n) is 4.16. The number of pyridine rings is 1. The molecule has 11 nitrogen and oxygen atoms in total. The number of anilines is 2. The topological polar surface area (TPSA) is 147 Å². The molecule has 1 aliphatic rings. The van der Waals surface area contributed by atoms with Gasteiger partial charge in [-0.05, 0) is 18.1 Å². The molecule has 0 radical (unpaired) electrons. The van der Waals surface area contributed by atoms with E-state index in [-0.39, 0.29) is 18.7 Å². The molecule has 0 bridgehead atoms. The molecule has 6 N–H and O–H groups in total. The molecule has 1 unspecified atom stereocenters. The van der Waals surface area contributed by atoms with Gasteiger partial charge < -0.3 is 21.9 Å². The second-order valence-corrected chi connectivity index (χ2v) is 8.51. The number of hydrogen-bond acceptors (Lipinski definition) is 10. The van der Waals surface area contributed by atoms with Crippen LogP contribution >= 0.6 is 0 Å². The van der Waals surface area contributed by atoms with Crippen LogP contribution < -0.4 is 16.8 Å². The number of nitrogens with one attached hydrogen (secondary N) is 1. The highest BCUT2D eigenvalue weighted by atomic mass is 16.3. The van der Waals surface area contributed by atoms with E-state index in [0.29, 0.717) is 17.9 Å². The zero-order valence-corrected chi connectivity index (χ0v) is 19.2. The van der Waals surface area contributed by atoms with Crippen molar-refractivity contribution in [1.82, 2.24) is 34.5 Å². The van der Waals surface area contributed by atoms with Crippen LogP contribution in [0.3, 0.4) is 0 Å². The monoisotopic (exact) mass is 454 g/mol. The largest absolute Gasteiger partial charge is 0.395 e. The summed E-state index contributed by atoms with van der Waals surface area (Å²) in [6.45, 7) is 8.41. The summed E-state index contributed by atoms with van der Waals surface area (Å²) in [6, 6.07) is 4.16. The number of aromatic nitrogens is 5. The third-order valence-electron chi connectivity index (χ3n) is 5.91. The Hall–Kier alpha value is -2.86. The summed E-state index contributed by atoms with van der Waals surface area (Å²) in [4.78, 5) is 18.1. The molecular formula is C22H34N10O. The Kier molecular flexibility index (Phi) is 7.65. The number of hydrogen-bond donors (Lipinski definition) is 4. The fraction of sp³-hybridized carbons (Fsp3) is 0.545. The number of nitrogen functional groups attached to an aromatic ring is 1. The molecule has 1 aliphatic heterocycles. The van der Waals surface area contributed by atoms with Crippen molar-refractivity contribution in [3.63, 3.8) is 0 Å². The molecule has 1 atom stereocenters. The van der Waals surface area contributed by atoms with Gasteiger partial charge in [0.25, 0.3) is 0 Å². The van der Waals surface area contributed by atoms with Crippen molar-refractivity contribution in [2.45, 2.75) is 39.0 Å². The summed E-state index contributed by atoms with van der Waals surface area (Å²) in [5, 5.41) is 16.8. The van der Waals surface area contributed by atoms with Crippen molar-refractivity contribution >= 4 is 22.8 Å². The molecule has 3 aromatic rings. The normalized spacial score (nSPS) is 16.3. The standard InChI is InChI=1S/C22H34N10O/c1-2-3-19(23)28-21-20-18(27-22(24)29-21)13-26-32(20)15-17-5-4-16(12-25-17)14-31-8-6-30(7-9-31)10-11-33/h4-5,12-13,19,33H,2-3,6-11,14-15,23H2,1H3,(H3,24,27,28,29). The van der Waals surface area contributed by atoms with E-state index in [0.717, 1.165) is 63.3 Å². The van der Waals surface area contributed by atoms with Crippen molar-refractivity contribution < 1.29 is 5.11 Å². The second-order valence-electron chi connectivity index (χ2n) is 8.51. The lowest BCUT2D eigenvalue weighted by Gasteiger charge is -2.34. The van der Waals surface area contributed by atoms with E-state index in [9.17, 15) is 0 Å². The van der Waals surface area contributed by atoms with Crippen LogP contribution in [0, 0.1) is 0 Å². The Labute approximate surface area is 193 Å². The zero-order chi connectivity index (χ0) is 23.2. The first kappa shape index (κ1) is 23.3. The molecule has 178 valence electrons. The van der Waals surface area contributed by atoms with Gasteiger partial charge >= 0.3 is 0 Å². The minimum absolute atomic E-state index is 0.188. The van der Waals surface area contributed by atoms with Crippen LogP contribution in [0.2, 0.25) is 0 Å². The first-order valence-electron chi connectivity index (χ1n) is 11.6. The summed E-state index contributed by atoms with van der Waals surface area (Å²) in [7, 11) is 0. The third kappa shape index (κ3) is 5.93. The molecule has 0 amide bonds. The van der Waals surface area contributed by atoms with Crippen molar-refractivity contribution in [3.05, 3.63) is 35.8 Å². The van der Waals surface area contributed by atoms with Gasteiger partial charge in [0.1, 0.15) is 11.0 Å². The number of fused-ring (bicyclic) bond motifs is 1. The average Bonchev–Trinajstić information content (AvgIpc) is 3.19. The summed E-state index contributed by atoms with van der Waals surface area (Å²) >= 11 is 0. The van der Waals surface area contributed by atoms with E-state index in [4.69, 9.17) is 16.6 Å². The Balaban J connectivity index is 1.43. The van der Waals surface area contributed by atoms with Crippen molar-refractivity contribution in [3.8, 4) is 0 Å². The molecule has 3 aromatic heterocycles. The van der Waals surface area contributed by atoms with Gasteiger partial charge in [-0.1, -0.05) is 19.4 Å².